The summed E-state index contributed by atoms with van der Waals surface area (Å²) in [5, 5.41) is 56.4. The van der Waals surface area contributed by atoms with Crippen molar-refractivity contribution in [2.45, 2.75) is 88.8 Å². The van der Waals surface area contributed by atoms with Crippen molar-refractivity contribution < 1.29 is 30.3 Å². The Balaban J connectivity index is 1.91. The molecule has 9 atom stereocenters. The molecule has 5 N–H and O–H groups in total. The van der Waals surface area contributed by atoms with E-state index in [1.54, 1.807) is 27.7 Å². The summed E-state index contributed by atoms with van der Waals surface area (Å²) in [6.45, 7) is 6.62. The molecular formula is C20H32O6. The fraction of sp³-hybridized carbons (Fsp3) is 0.950. The lowest BCUT2D eigenvalue weighted by Gasteiger charge is -2.51. The molecule has 0 saturated heterocycles. The zero-order valence-corrected chi connectivity index (χ0v) is 16.1. The van der Waals surface area contributed by atoms with Crippen molar-refractivity contribution in [1.82, 2.24) is 0 Å². The molecule has 0 aliphatic heterocycles. The summed E-state index contributed by atoms with van der Waals surface area (Å²) in [7, 11) is 0. The lowest BCUT2D eigenvalue weighted by atomic mass is 9.57. The number of aliphatic hydroxyl groups excluding tert-OH is 2. The first kappa shape index (κ1) is 18.8. The van der Waals surface area contributed by atoms with Gasteiger partial charge in [0.05, 0.1) is 28.8 Å². The van der Waals surface area contributed by atoms with Gasteiger partial charge in [-0.05, 0) is 45.4 Å². The summed E-state index contributed by atoms with van der Waals surface area (Å²) >= 11 is 0. The lowest BCUT2D eigenvalue weighted by Crippen LogP contribution is -2.60. The Morgan fingerprint density at radius 1 is 0.962 bits per heavy atom. The van der Waals surface area contributed by atoms with Gasteiger partial charge in [-0.2, -0.15) is 0 Å². The van der Waals surface area contributed by atoms with Crippen molar-refractivity contribution in [3.63, 3.8) is 0 Å². The third-order valence-corrected chi connectivity index (χ3v) is 9.03. The molecule has 4 saturated carbocycles. The van der Waals surface area contributed by atoms with Crippen LogP contribution in [0.4, 0.5) is 0 Å². The molecule has 6 heteroatoms. The van der Waals surface area contributed by atoms with Crippen LogP contribution in [0.5, 0.6) is 0 Å². The number of rotatable bonds is 0. The molecule has 1 spiro atoms. The van der Waals surface area contributed by atoms with Gasteiger partial charge in [0.1, 0.15) is 11.4 Å². The highest BCUT2D eigenvalue weighted by atomic mass is 16.4. The van der Waals surface area contributed by atoms with Crippen molar-refractivity contribution in [3.05, 3.63) is 0 Å². The fourth-order valence-corrected chi connectivity index (χ4v) is 7.60. The van der Waals surface area contributed by atoms with Crippen molar-refractivity contribution in [3.8, 4) is 0 Å². The van der Waals surface area contributed by atoms with Crippen molar-refractivity contribution in [1.29, 1.82) is 0 Å². The quantitative estimate of drug-likeness (QED) is 0.422. The minimum Gasteiger partial charge on any atom is -0.392 e. The van der Waals surface area contributed by atoms with E-state index in [1.807, 2.05) is 0 Å². The minimum absolute atomic E-state index is 0.00998. The second-order valence-electron chi connectivity index (χ2n) is 10.5. The second kappa shape index (κ2) is 4.90. The first-order valence-corrected chi connectivity index (χ1v) is 9.79. The standard InChI is InChI=1S/C20H32O6/c1-16(2)13(21)7-12-18(4,25)11-6-5-10-15(23)19(11,9-17(10,3)24)8-14(22)20(12,16)26/h10-12,14-15,22-26H,5-9H2,1-4H3/t10-,11+,12+,14-,15+,17-,18-,19+,20+/m1/s1. The van der Waals surface area contributed by atoms with Crippen LogP contribution in [-0.2, 0) is 4.79 Å². The molecule has 4 fully saturated rings. The highest BCUT2D eigenvalue weighted by molar-refractivity contribution is 5.89. The average molecular weight is 368 g/mol. The number of carbonyl (C=O) groups excluding carboxylic acids is 1. The molecule has 4 aliphatic rings. The van der Waals surface area contributed by atoms with Gasteiger partial charge in [0.15, 0.2) is 0 Å². The van der Waals surface area contributed by atoms with E-state index in [2.05, 4.69) is 0 Å². The molecule has 0 heterocycles. The van der Waals surface area contributed by atoms with Crippen LogP contribution in [0.3, 0.4) is 0 Å². The maximum atomic E-state index is 12.6. The number of fused-ring (bicyclic) bond motifs is 2. The van der Waals surface area contributed by atoms with Crippen LogP contribution in [0.2, 0.25) is 0 Å². The SMILES string of the molecule is CC1(C)C(=O)C[C@H]2[C@](C)(O)[C@@H]3CC[C@@H]4[C@H](O)[C@@]3(C[C@@H](O)[C@@]21O)C[C@@]4(C)O. The first-order valence-electron chi connectivity index (χ1n) is 9.79. The zero-order chi connectivity index (χ0) is 19.5. The van der Waals surface area contributed by atoms with Crippen molar-refractivity contribution in [2.24, 2.45) is 28.6 Å². The van der Waals surface area contributed by atoms with E-state index in [1.165, 1.54) is 0 Å². The van der Waals surface area contributed by atoms with Gasteiger partial charge in [-0.3, -0.25) is 4.79 Å². The summed E-state index contributed by atoms with van der Waals surface area (Å²) in [5.41, 5.74) is -6.31. The van der Waals surface area contributed by atoms with Crippen LogP contribution in [0.25, 0.3) is 0 Å². The molecule has 6 nitrogen and oxygen atoms in total. The molecule has 0 amide bonds. The summed E-state index contributed by atoms with van der Waals surface area (Å²) in [6.07, 6.45) is -0.567. The molecular weight excluding hydrogens is 336 g/mol. The van der Waals surface area contributed by atoms with Gasteiger partial charge in [0.25, 0.3) is 0 Å². The van der Waals surface area contributed by atoms with Crippen molar-refractivity contribution in [2.75, 3.05) is 0 Å². The highest BCUT2D eigenvalue weighted by Crippen LogP contribution is 2.69. The molecule has 0 unspecified atom stereocenters. The maximum Gasteiger partial charge on any atom is 0.141 e. The number of ketones is 1. The Morgan fingerprint density at radius 2 is 1.58 bits per heavy atom. The van der Waals surface area contributed by atoms with Crippen LogP contribution >= 0.6 is 0 Å². The zero-order valence-electron chi connectivity index (χ0n) is 16.1. The predicted octanol–water partition coefficient (Wildman–Crippen LogP) is 0.377. The second-order valence-corrected chi connectivity index (χ2v) is 10.5. The summed E-state index contributed by atoms with van der Waals surface area (Å²) in [6, 6.07) is 0. The van der Waals surface area contributed by atoms with E-state index in [0.717, 1.165) is 0 Å². The third-order valence-electron chi connectivity index (χ3n) is 9.03. The number of carbonyl (C=O) groups is 1. The number of hydrogen-bond acceptors (Lipinski definition) is 6. The van der Waals surface area contributed by atoms with Gasteiger partial charge < -0.3 is 25.5 Å². The fourth-order valence-electron chi connectivity index (χ4n) is 7.60. The van der Waals surface area contributed by atoms with Crippen molar-refractivity contribution >= 4 is 5.78 Å². The Kier molecular flexibility index (Phi) is 3.54. The van der Waals surface area contributed by atoms with E-state index >= 15 is 0 Å². The summed E-state index contributed by atoms with van der Waals surface area (Å²) in [4.78, 5) is 12.6. The predicted molar refractivity (Wildman–Crippen MR) is 93.0 cm³/mol. The lowest BCUT2D eigenvalue weighted by molar-refractivity contribution is -0.196. The molecule has 26 heavy (non-hydrogen) atoms. The molecule has 0 radical (unpaired) electrons. The van der Waals surface area contributed by atoms with Gasteiger partial charge >= 0.3 is 0 Å². The Bertz CT molecular complexity index is 655. The normalized spacial score (nSPS) is 61.1. The summed E-state index contributed by atoms with van der Waals surface area (Å²) < 4.78 is 0. The molecule has 148 valence electrons. The average Bonchev–Trinajstić information content (AvgIpc) is 2.72. The minimum atomic E-state index is -1.76. The topological polar surface area (TPSA) is 118 Å². The smallest absolute Gasteiger partial charge is 0.141 e. The highest BCUT2D eigenvalue weighted by Gasteiger charge is 2.76. The number of Topliss-reactive ketones (excluding diaryl/α,β-unsaturated/α-hetero) is 1. The summed E-state index contributed by atoms with van der Waals surface area (Å²) in [5.74, 6) is -1.66. The maximum absolute atomic E-state index is 12.6. The van der Waals surface area contributed by atoms with E-state index in [0.29, 0.717) is 12.8 Å². The van der Waals surface area contributed by atoms with Crippen LogP contribution in [0.15, 0.2) is 0 Å². The van der Waals surface area contributed by atoms with Crippen LogP contribution < -0.4 is 0 Å². The largest absolute Gasteiger partial charge is 0.392 e. The Labute approximate surface area is 154 Å². The monoisotopic (exact) mass is 368 g/mol. The third kappa shape index (κ3) is 1.83. The van der Waals surface area contributed by atoms with E-state index in [4.69, 9.17) is 0 Å². The van der Waals surface area contributed by atoms with Gasteiger partial charge in [0.2, 0.25) is 0 Å². The Hall–Kier alpha value is -0.530. The van der Waals surface area contributed by atoms with E-state index in [-0.39, 0.29) is 31.0 Å². The molecule has 0 aromatic heterocycles. The first-order chi connectivity index (χ1) is 11.7. The Morgan fingerprint density at radius 3 is 2.19 bits per heavy atom. The van der Waals surface area contributed by atoms with Gasteiger partial charge in [-0.15, -0.1) is 0 Å². The number of hydrogen-bond donors (Lipinski definition) is 5. The van der Waals surface area contributed by atoms with E-state index < -0.39 is 51.7 Å². The molecule has 2 bridgehead atoms. The van der Waals surface area contributed by atoms with Gasteiger partial charge in [-0.1, -0.05) is 13.8 Å². The van der Waals surface area contributed by atoms with Crippen LogP contribution in [0, 0.1) is 28.6 Å². The van der Waals surface area contributed by atoms with Gasteiger partial charge in [0, 0.05) is 23.7 Å². The van der Waals surface area contributed by atoms with Gasteiger partial charge in [-0.25, -0.2) is 0 Å². The molecule has 0 aromatic carbocycles. The van der Waals surface area contributed by atoms with Crippen LogP contribution in [-0.4, -0.2) is 60.3 Å². The number of aliphatic hydroxyl groups is 5. The van der Waals surface area contributed by atoms with E-state index in [9.17, 15) is 30.3 Å². The van der Waals surface area contributed by atoms with Crippen LogP contribution in [0.1, 0.15) is 59.8 Å². The molecule has 0 aromatic rings. The molecule has 4 rings (SSSR count). The molecule has 4 aliphatic carbocycles.